The molecule has 0 spiro atoms. The van der Waals surface area contributed by atoms with Crippen LogP contribution in [0.4, 0.5) is 10.1 Å². The first-order valence-corrected chi connectivity index (χ1v) is 8.87. The minimum absolute atomic E-state index is 0.0338. The van der Waals surface area contributed by atoms with Crippen LogP contribution in [0, 0.1) is 5.82 Å². The van der Waals surface area contributed by atoms with Gasteiger partial charge in [-0.05, 0) is 60.3 Å². The van der Waals surface area contributed by atoms with Gasteiger partial charge in [0.05, 0.1) is 0 Å². The van der Waals surface area contributed by atoms with E-state index in [1.807, 2.05) is 0 Å². The number of nitrogens with one attached hydrogen (secondary N) is 2. The number of hydrogen-bond donors (Lipinski definition) is 2. The summed E-state index contributed by atoms with van der Waals surface area (Å²) in [5.41, 5.74) is 1.03. The Labute approximate surface area is 171 Å². The van der Waals surface area contributed by atoms with Gasteiger partial charge in [0.15, 0.2) is 11.7 Å². The number of carbonyl (C=O) groups excluding carboxylic acids is 3. The zero-order valence-corrected chi connectivity index (χ0v) is 16.1. The molecular weight excluding hydrogens is 397 g/mol. The average molecular weight is 413 g/mol. The summed E-state index contributed by atoms with van der Waals surface area (Å²) in [4.78, 5) is 37.2. The Morgan fingerprint density at radius 2 is 1.83 bits per heavy atom. The normalized spacial score (nSPS) is 15.3. The van der Waals surface area contributed by atoms with Gasteiger partial charge in [-0.25, -0.2) is 4.39 Å². The fourth-order valence-electron chi connectivity index (χ4n) is 2.45. The lowest BCUT2D eigenvalue weighted by Gasteiger charge is -2.25. The van der Waals surface area contributed by atoms with Crippen LogP contribution in [0.3, 0.4) is 0 Å². The van der Waals surface area contributed by atoms with E-state index in [1.54, 1.807) is 24.3 Å². The number of nitrogens with zero attached hydrogens (tertiary/aromatic N) is 1. The van der Waals surface area contributed by atoms with Crippen molar-refractivity contribution in [3.8, 4) is 5.75 Å². The number of anilines is 1. The molecule has 0 unspecified atom stereocenters. The third-order valence-electron chi connectivity index (χ3n) is 3.99. The molecule has 1 heterocycles. The molecule has 2 aromatic rings. The van der Waals surface area contributed by atoms with Gasteiger partial charge in [0.2, 0.25) is 0 Å². The van der Waals surface area contributed by atoms with Crippen molar-refractivity contribution >= 4 is 46.8 Å². The molecule has 0 atom stereocenters. The Balaban J connectivity index is 1.59. The van der Waals surface area contributed by atoms with E-state index in [2.05, 4.69) is 10.6 Å². The summed E-state index contributed by atoms with van der Waals surface area (Å²) in [7, 11) is 1.48. The van der Waals surface area contributed by atoms with Gasteiger partial charge in [-0.15, -0.1) is 0 Å². The minimum atomic E-state index is -0.559. The lowest BCUT2D eigenvalue weighted by molar-refractivity contribution is -0.128. The topological polar surface area (TPSA) is 87.7 Å². The molecule has 0 aromatic heterocycles. The lowest BCUT2D eigenvalue weighted by Crippen LogP contribution is -2.52. The molecule has 1 saturated heterocycles. The molecule has 0 aliphatic carbocycles. The highest BCUT2D eigenvalue weighted by molar-refractivity contribution is 7.80. The predicted octanol–water partition coefficient (Wildman–Crippen LogP) is 2.10. The number of ether oxygens (including phenoxy) is 1. The van der Waals surface area contributed by atoms with Crippen LogP contribution in [0.1, 0.15) is 5.56 Å². The predicted molar refractivity (Wildman–Crippen MR) is 108 cm³/mol. The minimum Gasteiger partial charge on any atom is -0.484 e. The standard InChI is InChI=1S/C20H16FN3O4S/c1-24-19(27)16(18(26)23-20(24)29)10-12-2-8-15(9-3-12)28-11-17(25)22-14-6-4-13(21)5-7-14/h2-10H,11H2,1H3,(H,22,25)(H,23,26,29)/b16-10+. The zero-order valence-electron chi connectivity index (χ0n) is 15.3. The number of benzene rings is 2. The molecule has 7 nitrogen and oxygen atoms in total. The molecule has 1 aliphatic heterocycles. The Bertz CT molecular complexity index is 1000. The number of thiocarbonyl (C=S) groups is 1. The second-order valence-electron chi connectivity index (χ2n) is 6.09. The van der Waals surface area contributed by atoms with Crippen LogP contribution in [-0.4, -0.2) is 41.4 Å². The summed E-state index contributed by atoms with van der Waals surface area (Å²) < 4.78 is 18.3. The van der Waals surface area contributed by atoms with Crippen LogP contribution in [0.25, 0.3) is 6.08 Å². The van der Waals surface area contributed by atoms with Crippen LogP contribution >= 0.6 is 12.2 Å². The van der Waals surface area contributed by atoms with Crippen LogP contribution in [0.2, 0.25) is 0 Å². The van der Waals surface area contributed by atoms with Gasteiger partial charge < -0.3 is 10.1 Å². The summed E-state index contributed by atoms with van der Waals surface area (Å²) in [6.45, 7) is -0.235. The van der Waals surface area contributed by atoms with Crippen molar-refractivity contribution in [1.29, 1.82) is 0 Å². The van der Waals surface area contributed by atoms with Gasteiger partial charge in [-0.2, -0.15) is 0 Å². The Morgan fingerprint density at radius 1 is 1.17 bits per heavy atom. The van der Waals surface area contributed by atoms with Crippen molar-refractivity contribution in [2.45, 2.75) is 0 Å². The highest BCUT2D eigenvalue weighted by Crippen LogP contribution is 2.17. The van der Waals surface area contributed by atoms with Crippen LogP contribution in [0.5, 0.6) is 5.75 Å². The van der Waals surface area contributed by atoms with E-state index in [4.69, 9.17) is 17.0 Å². The van der Waals surface area contributed by atoms with Gasteiger partial charge in [0.1, 0.15) is 17.1 Å². The van der Waals surface area contributed by atoms with E-state index in [0.29, 0.717) is 17.0 Å². The molecule has 148 valence electrons. The van der Waals surface area contributed by atoms with Crippen molar-refractivity contribution in [2.24, 2.45) is 0 Å². The first kappa shape index (κ1) is 20.2. The lowest BCUT2D eigenvalue weighted by atomic mass is 10.1. The molecule has 29 heavy (non-hydrogen) atoms. The fourth-order valence-corrected chi connectivity index (χ4v) is 2.63. The summed E-state index contributed by atoms with van der Waals surface area (Å²) in [6, 6.07) is 11.9. The van der Waals surface area contributed by atoms with Crippen molar-refractivity contribution in [2.75, 3.05) is 19.0 Å². The van der Waals surface area contributed by atoms with E-state index < -0.39 is 23.5 Å². The summed E-state index contributed by atoms with van der Waals surface area (Å²) >= 11 is 4.89. The Hall–Kier alpha value is -3.59. The molecule has 9 heteroatoms. The number of rotatable bonds is 5. The van der Waals surface area contributed by atoms with E-state index in [1.165, 1.54) is 42.3 Å². The maximum atomic E-state index is 12.9. The second kappa shape index (κ2) is 8.61. The van der Waals surface area contributed by atoms with Crippen molar-refractivity contribution in [3.05, 3.63) is 65.5 Å². The summed E-state index contributed by atoms with van der Waals surface area (Å²) in [5.74, 6) is -1.41. The van der Waals surface area contributed by atoms with Gasteiger partial charge in [0, 0.05) is 12.7 Å². The third-order valence-corrected chi connectivity index (χ3v) is 4.37. The van der Waals surface area contributed by atoms with Gasteiger partial charge in [-0.3, -0.25) is 24.6 Å². The molecular formula is C20H16FN3O4S. The SMILES string of the molecule is CN1C(=O)/C(=C/c2ccc(OCC(=O)Nc3ccc(F)cc3)cc2)C(=O)NC1=S. The van der Waals surface area contributed by atoms with Crippen molar-refractivity contribution in [1.82, 2.24) is 10.2 Å². The Kier molecular flexibility index (Phi) is 5.99. The average Bonchev–Trinajstić information content (AvgIpc) is 2.70. The van der Waals surface area contributed by atoms with Crippen molar-refractivity contribution < 1.29 is 23.5 Å². The van der Waals surface area contributed by atoms with Gasteiger partial charge >= 0.3 is 0 Å². The summed E-state index contributed by atoms with van der Waals surface area (Å²) in [6.07, 6.45) is 1.45. The molecule has 2 N–H and O–H groups in total. The zero-order chi connectivity index (χ0) is 21.0. The molecule has 3 rings (SSSR count). The first-order chi connectivity index (χ1) is 13.8. The number of hydrogen-bond acceptors (Lipinski definition) is 5. The Morgan fingerprint density at radius 3 is 2.48 bits per heavy atom. The molecule has 0 saturated carbocycles. The molecule has 1 fully saturated rings. The maximum absolute atomic E-state index is 12.9. The largest absolute Gasteiger partial charge is 0.484 e. The quantitative estimate of drug-likeness (QED) is 0.445. The fraction of sp³-hybridized carbons (Fsp3) is 0.100. The summed E-state index contributed by atoms with van der Waals surface area (Å²) in [5, 5.41) is 5.08. The van der Waals surface area contributed by atoms with Crippen molar-refractivity contribution in [3.63, 3.8) is 0 Å². The van der Waals surface area contributed by atoms with Crippen LogP contribution in [0.15, 0.2) is 54.1 Å². The number of likely N-dealkylation sites (N-methyl/N-ethyl adjacent to an activating group) is 1. The highest BCUT2D eigenvalue weighted by Gasteiger charge is 2.30. The van der Waals surface area contributed by atoms with E-state index in [9.17, 15) is 18.8 Å². The van der Waals surface area contributed by atoms with E-state index in [0.717, 1.165) is 0 Å². The molecule has 2 aromatic carbocycles. The monoisotopic (exact) mass is 413 g/mol. The van der Waals surface area contributed by atoms with Gasteiger partial charge in [-0.1, -0.05) is 12.1 Å². The van der Waals surface area contributed by atoms with E-state index in [-0.39, 0.29) is 17.3 Å². The molecule has 0 bridgehead atoms. The number of halogens is 1. The second-order valence-corrected chi connectivity index (χ2v) is 6.48. The third kappa shape index (κ3) is 5.02. The number of amides is 3. The highest BCUT2D eigenvalue weighted by atomic mass is 32.1. The molecule has 3 amide bonds. The van der Waals surface area contributed by atoms with Crippen LogP contribution in [-0.2, 0) is 14.4 Å². The molecule has 0 radical (unpaired) electrons. The molecule has 1 aliphatic rings. The maximum Gasteiger partial charge on any atom is 0.265 e. The van der Waals surface area contributed by atoms with Gasteiger partial charge in [0.25, 0.3) is 17.7 Å². The van der Waals surface area contributed by atoms with Crippen LogP contribution < -0.4 is 15.4 Å². The van der Waals surface area contributed by atoms with E-state index >= 15 is 0 Å². The smallest absolute Gasteiger partial charge is 0.265 e. The first-order valence-electron chi connectivity index (χ1n) is 8.47. The number of carbonyl (C=O) groups is 3.